The number of benzene rings is 1. The minimum atomic E-state index is -0.469. The van der Waals surface area contributed by atoms with Crippen LogP contribution in [0.2, 0.25) is 10.0 Å². The molecular weight excluding hydrogens is 319 g/mol. The van der Waals surface area contributed by atoms with Gasteiger partial charge in [-0.05, 0) is 38.3 Å². The summed E-state index contributed by atoms with van der Waals surface area (Å²) in [5.74, 6) is 0.220. The Kier molecular flexibility index (Phi) is 4.41. The third kappa shape index (κ3) is 2.64. The molecule has 1 aromatic rings. The van der Waals surface area contributed by atoms with Gasteiger partial charge >= 0.3 is 0 Å². The van der Waals surface area contributed by atoms with Gasteiger partial charge in [-0.2, -0.15) is 5.01 Å². The molecule has 1 heterocycles. The molecule has 3 nitrogen and oxygen atoms in total. The molecule has 1 aliphatic heterocycles. The van der Waals surface area contributed by atoms with Gasteiger partial charge in [0, 0.05) is 12.6 Å². The van der Waals surface area contributed by atoms with Gasteiger partial charge in [0.1, 0.15) is 5.54 Å². The van der Waals surface area contributed by atoms with E-state index in [4.69, 9.17) is 23.2 Å². The average molecular weight is 341 g/mol. The zero-order valence-corrected chi connectivity index (χ0v) is 14.6. The van der Waals surface area contributed by atoms with Crippen molar-refractivity contribution in [3.8, 4) is 0 Å². The summed E-state index contributed by atoms with van der Waals surface area (Å²) in [6.45, 7) is 4.58. The van der Waals surface area contributed by atoms with Crippen LogP contribution in [0.3, 0.4) is 0 Å². The number of hydrogen-bond donors (Lipinski definition) is 0. The van der Waals surface area contributed by atoms with Gasteiger partial charge in [0.05, 0.1) is 10.0 Å². The first-order valence-electron chi connectivity index (χ1n) is 7.97. The molecule has 0 aromatic heterocycles. The maximum Gasteiger partial charge on any atom is 0.258 e. The summed E-state index contributed by atoms with van der Waals surface area (Å²) in [7, 11) is 0. The molecule has 2 fully saturated rings. The van der Waals surface area contributed by atoms with E-state index in [1.165, 1.54) is 19.3 Å². The van der Waals surface area contributed by atoms with Crippen LogP contribution >= 0.6 is 23.2 Å². The summed E-state index contributed by atoms with van der Waals surface area (Å²) < 4.78 is 0. The van der Waals surface area contributed by atoms with Crippen molar-refractivity contribution in [2.45, 2.75) is 64.1 Å². The smallest absolute Gasteiger partial charge is 0.258 e. The van der Waals surface area contributed by atoms with Gasteiger partial charge in [0.25, 0.3) is 5.91 Å². The van der Waals surface area contributed by atoms with Gasteiger partial charge in [-0.3, -0.25) is 9.80 Å². The van der Waals surface area contributed by atoms with Crippen molar-refractivity contribution in [1.29, 1.82) is 0 Å². The predicted octanol–water partition coefficient (Wildman–Crippen LogP) is 4.66. The molecule has 0 atom stereocenters. The van der Waals surface area contributed by atoms with Crippen LogP contribution in [0.5, 0.6) is 0 Å². The highest BCUT2D eigenvalue weighted by Crippen LogP contribution is 2.39. The lowest BCUT2D eigenvalue weighted by atomic mass is 9.89. The summed E-state index contributed by atoms with van der Waals surface area (Å²) in [6.07, 6.45) is 5.90. The Labute approximate surface area is 142 Å². The van der Waals surface area contributed by atoms with Gasteiger partial charge in [-0.15, -0.1) is 0 Å². The molecule has 0 radical (unpaired) electrons. The van der Waals surface area contributed by atoms with E-state index < -0.39 is 5.54 Å². The van der Waals surface area contributed by atoms with E-state index in [0.29, 0.717) is 22.6 Å². The highest BCUT2D eigenvalue weighted by Gasteiger charge is 2.54. The van der Waals surface area contributed by atoms with Crippen LogP contribution in [0, 0.1) is 0 Å². The number of amides is 1. The van der Waals surface area contributed by atoms with Crippen molar-refractivity contribution in [3.05, 3.63) is 33.8 Å². The molecular formula is C17H22Cl2N2O. The van der Waals surface area contributed by atoms with Crippen molar-refractivity contribution in [3.63, 3.8) is 0 Å². The third-order valence-electron chi connectivity index (χ3n) is 4.91. The molecule has 1 aromatic carbocycles. The van der Waals surface area contributed by atoms with Crippen molar-refractivity contribution in [2.75, 3.05) is 0 Å². The number of halogens is 2. The summed E-state index contributed by atoms with van der Waals surface area (Å²) in [4.78, 5) is 12.6. The second-order valence-electron chi connectivity index (χ2n) is 6.77. The Morgan fingerprint density at radius 2 is 1.86 bits per heavy atom. The largest absolute Gasteiger partial charge is 0.271 e. The van der Waals surface area contributed by atoms with Gasteiger partial charge in [-0.1, -0.05) is 54.6 Å². The Hall–Kier alpha value is -0.770. The van der Waals surface area contributed by atoms with Crippen molar-refractivity contribution >= 4 is 29.1 Å². The SMILES string of the molecule is CC1(C)C(=O)N(C2CCCCC2)N1Cc1cccc(Cl)c1Cl. The fraction of sp³-hybridized carbons (Fsp3) is 0.588. The number of hydrazine groups is 1. The van der Waals surface area contributed by atoms with E-state index in [0.717, 1.165) is 18.4 Å². The van der Waals surface area contributed by atoms with Gasteiger partial charge in [0.15, 0.2) is 0 Å². The number of hydrogen-bond acceptors (Lipinski definition) is 2. The normalized spacial score (nSPS) is 22.7. The van der Waals surface area contributed by atoms with Crippen LogP contribution in [0.4, 0.5) is 0 Å². The summed E-state index contributed by atoms with van der Waals surface area (Å²) in [6, 6.07) is 6.01. The number of carbonyl (C=O) groups is 1. The Morgan fingerprint density at radius 3 is 2.55 bits per heavy atom. The van der Waals surface area contributed by atoms with Gasteiger partial charge in [0.2, 0.25) is 0 Å². The number of rotatable bonds is 3. The lowest BCUT2D eigenvalue weighted by Crippen LogP contribution is -2.76. The van der Waals surface area contributed by atoms with E-state index >= 15 is 0 Å². The molecule has 2 aliphatic rings. The molecule has 120 valence electrons. The molecule has 0 N–H and O–H groups in total. The van der Waals surface area contributed by atoms with Crippen molar-refractivity contribution < 1.29 is 4.79 Å². The Balaban J connectivity index is 1.82. The fourth-order valence-electron chi connectivity index (χ4n) is 3.52. The zero-order valence-electron chi connectivity index (χ0n) is 13.1. The van der Waals surface area contributed by atoms with Crippen LogP contribution in [-0.2, 0) is 11.3 Å². The highest BCUT2D eigenvalue weighted by atomic mass is 35.5. The summed E-state index contributed by atoms with van der Waals surface area (Å²) >= 11 is 12.4. The first kappa shape index (κ1) is 16.1. The topological polar surface area (TPSA) is 23.6 Å². The third-order valence-corrected chi connectivity index (χ3v) is 5.77. The van der Waals surface area contributed by atoms with Crippen LogP contribution < -0.4 is 0 Å². The summed E-state index contributed by atoms with van der Waals surface area (Å²) in [5, 5.41) is 5.27. The van der Waals surface area contributed by atoms with Gasteiger partial charge < -0.3 is 0 Å². The molecule has 0 bridgehead atoms. The number of carbonyl (C=O) groups excluding carboxylic acids is 1. The average Bonchev–Trinajstić information content (AvgIpc) is 2.52. The lowest BCUT2D eigenvalue weighted by Gasteiger charge is -2.59. The van der Waals surface area contributed by atoms with E-state index in [9.17, 15) is 4.79 Å². The first-order chi connectivity index (χ1) is 10.4. The molecule has 5 heteroatoms. The number of nitrogens with zero attached hydrogens (tertiary/aromatic N) is 2. The standard InChI is InChI=1S/C17H22Cl2N2O/c1-17(2)16(22)21(13-8-4-3-5-9-13)20(17)11-12-7-6-10-14(18)15(12)19/h6-7,10,13H,3-5,8-9,11H2,1-2H3. The van der Waals surface area contributed by atoms with E-state index in [1.54, 1.807) is 6.07 Å². The van der Waals surface area contributed by atoms with E-state index in [2.05, 4.69) is 5.01 Å². The molecule has 0 spiro atoms. The lowest BCUT2D eigenvalue weighted by molar-refractivity contribution is -0.231. The van der Waals surface area contributed by atoms with Crippen LogP contribution in [0.25, 0.3) is 0 Å². The van der Waals surface area contributed by atoms with Crippen LogP contribution in [0.15, 0.2) is 18.2 Å². The van der Waals surface area contributed by atoms with Crippen LogP contribution in [0.1, 0.15) is 51.5 Å². The van der Waals surface area contributed by atoms with E-state index in [-0.39, 0.29) is 5.91 Å². The quantitative estimate of drug-likeness (QED) is 0.798. The highest BCUT2D eigenvalue weighted by molar-refractivity contribution is 6.42. The Morgan fingerprint density at radius 1 is 1.18 bits per heavy atom. The van der Waals surface area contributed by atoms with Crippen molar-refractivity contribution in [1.82, 2.24) is 10.0 Å². The summed E-state index contributed by atoms with van der Waals surface area (Å²) in [5.41, 5.74) is 0.499. The van der Waals surface area contributed by atoms with Gasteiger partial charge in [-0.25, -0.2) is 0 Å². The molecule has 1 saturated heterocycles. The molecule has 1 aliphatic carbocycles. The van der Waals surface area contributed by atoms with Crippen LogP contribution in [-0.4, -0.2) is 27.5 Å². The second kappa shape index (κ2) is 6.03. The Bertz CT molecular complexity index is 582. The first-order valence-corrected chi connectivity index (χ1v) is 8.72. The fourth-order valence-corrected chi connectivity index (χ4v) is 3.90. The molecule has 1 saturated carbocycles. The molecule has 1 amide bonds. The second-order valence-corrected chi connectivity index (χ2v) is 7.56. The maximum absolute atomic E-state index is 12.6. The predicted molar refractivity (Wildman–Crippen MR) is 89.8 cm³/mol. The van der Waals surface area contributed by atoms with Crippen molar-refractivity contribution in [2.24, 2.45) is 0 Å². The molecule has 22 heavy (non-hydrogen) atoms. The monoisotopic (exact) mass is 340 g/mol. The maximum atomic E-state index is 12.6. The minimum absolute atomic E-state index is 0.220. The molecule has 0 unspecified atom stereocenters. The van der Waals surface area contributed by atoms with E-state index in [1.807, 2.05) is 31.0 Å². The molecule has 3 rings (SSSR count). The zero-order chi connectivity index (χ0) is 15.9. The minimum Gasteiger partial charge on any atom is -0.271 e.